The zero-order valence-corrected chi connectivity index (χ0v) is 17.8. The number of rotatable bonds is 8. The van der Waals surface area contributed by atoms with E-state index in [4.69, 9.17) is 11.6 Å². The molecule has 0 aliphatic rings. The Morgan fingerprint density at radius 2 is 1.75 bits per heavy atom. The summed E-state index contributed by atoms with van der Waals surface area (Å²) < 4.78 is 0. The van der Waals surface area contributed by atoms with E-state index in [2.05, 4.69) is 24.1 Å². The Morgan fingerprint density at radius 3 is 2.43 bits per heavy atom. The van der Waals surface area contributed by atoms with Crippen LogP contribution in [-0.2, 0) is 0 Å². The summed E-state index contributed by atoms with van der Waals surface area (Å²) in [6, 6.07) is 15.4. The van der Waals surface area contributed by atoms with Gasteiger partial charge in [0.25, 0.3) is 5.91 Å². The number of aromatic nitrogens is 1. The first kappa shape index (κ1) is 20.6. The molecule has 0 atom stereocenters. The standard InChI is InChI=1S/C23H25ClN2OS/c1-3-7-17(8-4-2)23-26-21(15-28-23)22(27)25-20-10-6-5-9-19(20)16-11-13-18(24)14-12-16/h5-6,9-15,17H,3-4,7-8H2,1-2H3,(H,25,27). The Kier molecular flexibility index (Phi) is 7.24. The molecule has 0 aliphatic heterocycles. The van der Waals surface area contributed by atoms with E-state index >= 15 is 0 Å². The zero-order valence-electron chi connectivity index (χ0n) is 16.2. The van der Waals surface area contributed by atoms with Gasteiger partial charge in [-0.15, -0.1) is 11.3 Å². The van der Waals surface area contributed by atoms with Gasteiger partial charge in [0.05, 0.1) is 5.01 Å². The van der Waals surface area contributed by atoms with Crippen LogP contribution in [0.25, 0.3) is 11.1 Å². The fourth-order valence-corrected chi connectivity index (χ4v) is 4.42. The Labute approximate surface area is 175 Å². The lowest BCUT2D eigenvalue weighted by Gasteiger charge is -2.12. The number of halogens is 1. The summed E-state index contributed by atoms with van der Waals surface area (Å²) in [4.78, 5) is 17.5. The van der Waals surface area contributed by atoms with Crippen LogP contribution in [0.1, 0.15) is 60.9 Å². The van der Waals surface area contributed by atoms with Gasteiger partial charge in [-0.25, -0.2) is 4.98 Å². The molecule has 1 amide bonds. The van der Waals surface area contributed by atoms with Gasteiger partial charge in [0.1, 0.15) is 5.69 Å². The maximum atomic E-state index is 12.8. The Bertz CT molecular complexity index is 914. The monoisotopic (exact) mass is 412 g/mol. The van der Waals surface area contributed by atoms with E-state index in [1.54, 1.807) is 11.3 Å². The van der Waals surface area contributed by atoms with Gasteiger partial charge in [-0.3, -0.25) is 4.79 Å². The summed E-state index contributed by atoms with van der Waals surface area (Å²) in [5, 5.41) is 6.66. The Morgan fingerprint density at radius 1 is 1.07 bits per heavy atom. The molecule has 1 heterocycles. The van der Waals surface area contributed by atoms with E-state index in [0.717, 1.165) is 47.5 Å². The summed E-state index contributed by atoms with van der Waals surface area (Å²) in [6.45, 7) is 4.38. The van der Waals surface area contributed by atoms with Crippen LogP contribution < -0.4 is 5.32 Å². The molecule has 0 saturated carbocycles. The third-order valence-corrected chi connectivity index (χ3v) is 5.97. The van der Waals surface area contributed by atoms with Gasteiger partial charge in [0, 0.05) is 27.6 Å². The summed E-state index contributed by atoms with van der Waals surface area (Å²) >= 11 is 7.59. The number of hydrogen-bond donors (Lipinski definition) is 1. The van der Waals surface area contributed by atoms with E-state index in [1.165, 1.54) is 0 Å². The third-order valence-electron chi connectivity index (χ3n) is 4.71. The number of amides is 1. The lowest BCUT2D eigenvalue weighted by Crippen LogP contribution is -2.13. The third kappa shape index (κ3) is 5.00. The second-order valence-electron chi connectivity index (χ2n) is 6.85. The van der Waals surface area contributed by atoms with Crippen LogP contribution in [0.3, 0.4) is 0 Å². The van der Waals surface area contributed by atoms with E-state index in [0.29, 0.717) is 16.6 Å². The predicted octanol–water partition coefficient (Wildman–Crippen LogP) is 7.40. The average molecular weight is 413 g/mol. The SMILES string of the molecule is CCCC(CCC)c1nc(C(=O)Nc2ccccc2-c2ccc(Cl)cc2)cs1. The molecule has 1 aromatic heterocycles. The van der Waals surface area contributed by atoms with Crippen molar-refractivity contribution >= 4 is 34.5 Å². The molecule has 0 radical (unpaired) electrons. The topological polar surface area (TPSA) is 42.0 Å². The van der Waals surface area contributed by atoms with Crippen molar-refractivity contribution in [2.24, 2.45) is 0 Å². The van der Waals surface area contributed by atoms with Crippen molar-refractivity contribution in [2.75, 3.05) is 5.32 Å². The highest BCUT2D eigenvalue weighted by Gasteiger charge is 2.18. The Balaban J connectivity index is 1.80. The van der Waals surface area contributed by atoms with Crippen molar-refractivity contribution in [2.45, 2.75) is 45.4 Å². The van der Waals surface area contributed by atoms with Crippen molar-refractivity contribution in [1.29, 1.82) is 0 Å². The molecule has 2 aromatic carbocycles. The van der Waals surface area contributed by atoms with Crippen LogP contribution in [0.4, 0.5) is 5.69 Å². The lowest BCUT2D eigenvalue weighted by atomic mass is 9.99. The first-order valence-corrected chi connectivity index (χ1v) is 11.0. The zero-order chi connectivity index (χ0) is 19.9. The van der Waals surface area contributed by atoms with E-state index in [9.17, 15) is 4.79 Å². The molecule has 1 N–H and O–H groups in total. The molecule has 0 bridgehead atoms. The Hall–Kier alpha value is -2.17. The van der Waals surface area contributed by atoms with Gasteiger partial charge in [-0.2, -0.15) is 0 Å². The van der Waals surface area contributed by atoms with Gasteiger partial charge in [-0.05, 0) is 36.6 Å². The minimum Gasteiger partial charge on any atom is -0.320 e. The highest BCUT2D eigenvalue weighted by atomic mass is 35.5. The fraction of sp³-hybridized carbons (Fsp3) is 0.304. The number of anilines is 1. The molecular formula is C23H25ClN2OS. The fourth-order valence-electron chi connectivity index (χ4n) is 3.33. The van der Waals surface area contributed by atoms with Crippen LogP contribution in [0.5, 0.6) is 0 Å². The number of carbonyl (C=O) groups is 1. The smallest absolute Gasteiger partial charge is 0.275 e. The average Bonchev–Trinajstić information content (AvgIpc) is 3.19. The van der Waals surface area contributed by atoms with Crippen LogP contribution in [0.2, 0.25) is 5.02 Å². The van der Waals surface area contributed by atoms with E-state index < -0.39 is 0 Å². The first-order chi connectivity index (χ1) is 13.6. The summed E-state index contributed by atoms with van der Waals surface area (Å²) in [7, 11) is 0. The molecule has 5 heteroatoms. The summed E-state index contributed by atoms with van der Waals surface area (Å²) in [5.41, 5.74) is 3.22. The minimum atomic E-state index is -0.171. The number of nitrogens with zero attached hydrogens (tertiary/aromatic N) is 1. The summed E-state index contributed by atoms with van der Waals surface area (Å²) in [6.07, 6.45) is 4.48. The minimum absolute atomic E-state index is 0.171. The maximum absolute atomic E-state index is 12.8. The molecule has 3 aromatic rings. The second-order valence-corrected chi connectivity index (χ2v) is 8.18. The molecule has 0 aliphatic carbocycles. The molecule has 28 heavy (non-hydrogen) atoms. The van der Waals surface area contributed by atoms with Crippen LogP contribution in [0, 0.1) is 0 Å². The molecule has 0 unspecified atom stereocenters. The molecule has 3 rings (SSSR count). The quantitative estimate of drug-likeness (QED) is 0.418. The number of benzene rings is 2. The number of carbonyl (C=O) groups excluding carboxylic acids is 1. The summed E-state index contributed by atoms with van der Waals surface area (Å²) in [5.74, 6) is 0.276. The van der Waals surface area contributed by atoms with Gasteiger partial charge in [-0.1, -0.05) is 68.6 Å². The van der Waals surface area contributed by atoms with Gasteiger partial charge in [0.15, 0.2) is 0 Å². The van der Waals surface area contributed by atoms with Gasteiger partial charge >= 0.3 is 0 Å². The molecule has 0 spiro atoms. The highest BCUT2D eigenvalue weighted by Crippen LogP contribution is 2.31. The molecule has 0 saturated heterocycles. The molecular weight excluding hydrogens is 388 g/mol. The highest BCUT2D eigenvalue weighted by molar-refractivity contribution is 7.10. The van der Waals surface area contributed by atoms with Gasteiger partial charge in [0.2, 0.25) is 0 Å². The predicted molar refractivity (Wildman–Crippen MR) is 120 cm³/mol. The second kappa shape index (κ2) is 9.85. The molecule has 0 fully saturated rings. The molecule has 146 valence electrons. The van der Waals surface area contributed by atoms with Crippen LogP contribution in [-0.4, -0.2) is 10.9 Å². The number of para-hydroxylation sites is 1. The van der Waals surface area contributed by atoms with Crippen molar-refractivity contribution in [1.82, 2.24) is 4.98 Å². The maximum Gasteiger partial charge on any atom is 0.275 e. The normalized spacial score (nSPS) is 11.0. The molecule has 3 nitrogen and oxygen atoms in total. The van der Waals surface area contributed by atoms with Gasteiger partial charge < -0.3 is 5.32 Å². The van der Waals surface area contributed by atoms with E-state index in [1.807, 2.05) is 53.9 Å². The number of hydrogen-bond acceptors (Lipinski definition) is 3. The van der Waals surface area contributed by atoms with Crippen molar-refractivity contribution in [3.05, 3.63) is 69.6 Å². The van der Waals surface area contributed by atoms with Crippen molar-refractivity contribution < 1.29 is 4.79 Å². The van der Waals surface area contributed by atoms with E-state index in [-0.39, 0.29) is 5.91 Å². The first-order valence-electron chi connectivity index (χ1n) is 9.74. The van der Waals surface area contributed by atoms with Crippen molar-refractivity contribution in [3.63, 3.8) is 0 Å². The van der Waals surface area contributed by atoms with Crippen LogP contribution in [0.15, 0.2) is 53.9 Å². The number of nitrogens with one attached hydrogen (secondary N) is 1. The largest absolute Gasteiger partial charge is 0.320 e. The van der Waals surface area contributed by atoms with Crippen molar-refractivity contribution in [3.8, 4) is 11.1 Å². The lowest BCUT2D eigenvalue weighted by molar-refractivity contribution is 0.102. The van der Waals surface area contributed by atoms with Crippen LogP contribution >= 0.6 is 22.9 Å². The number of thiazole rings is 1.